The number of halogens is 5. The predicted octanol–water partition coefficient (Wildman–Crippen LogP) is 6.68. The van der Waals surface area contributed by atoms with E-state index in [0.29, 0.717) is 29.8 Å². The summed E-state index contributed by atoms with van der Waals surface area (Å²) in [6.07, 6.45) is -4.46. The molecule has 0 aliphatic carbocycles. The Hall–Kier alpha value is -3.92. The molecule has 1 aliphatic rings. The van der Waals surface area contributed by atoms with Gasteiger partial charge in [-0.05, 0) is 53.9 Å². The van der Waals surface area contributed by atoms with Gasteiger partial charge in [0.2, 0.25) is 0 Å². The van der Waals surface area contributed by atoms with Crippen molar-refractivity contribution in [3.8, 4) is 0 Å². The summed E-state index contributed by atoms with van der Waals surface area (Å²) in [5, 5.41) is 12.1. The van der Waals surface area contributed by atoms with Crippen LogP contribution < -0.4 is 0 Å². The van der Waals surface area contributed by atoms with Gasteiger partial charge in [-0.1, -0.05) is 29.8 Å². The van der Waals surface area contributed by atoms with Gasteiger partial charge in [-0.2, -0.15) is 13.2 Å². The minimum atomic E-state index is -4.89. The van der Waals surface area contributed by atoms with E-state index < -0.39 is 34.4 Å². The lowest BCUT2D eigenvalue weighted by Crippen LogP contribution is -2.40. The molecule has 1 atom stereocenters. The highest BCUT2D eigenvalue weighted by Crippen LogP contribution is 2.41. The number of benzene rings is 3. The number of carbonyl (C=O) groups is 1. The summed E-state index contributed by atoms with van der Waals surface area (Å²) >= 11 is 6.16. The maximum absolute atomic E-state index is 14.3. The molecule has 2 heterocycles. The van der Waals surface area contributed by atoms with E-state index in [0.717, 1.165) is 22.5 Å². The van der Waals surface area contributed by atoms with E-state index in [1.54, 1.807) is 0 Å². The van der Waals surface area contributed by atoms with E-state index in [2.05, 4.69) is 4.98 Å². The molecule has 5 rings (SSSR count). The lowest BCUT2D eigenvalue weighted by atomic mass is 9.91. The number of nitro groups is 1. The number of nitro benzene ring substituents is 1. The second kappa shape index (κ2) is 8.63. The number of amides is 1. The maximum atomic E-state index is 14.3. The number of alkyl halides is 3. The average molecular weight is 518 g/mol. The fourth-order valence-electron chi connectivity index (χ4n) is 4.69. The molecule has 3 aromatic carbocycles. The van der Waals surface area contributed by atoms with Crippen molar-refractivity contribution >= 4 is 34.1 Å². The topological polar surface area (TPSA) is 79.2 Å². The van der Waals surface area contributed by atoms with E-state index in [9.17, 15) is 32.5 Å². The molecular formula is C25H16ClF4N3O3. The van der Waals surface area contributed by atoms with Gasteiger partial charge in [0.1, 0.15) is 10.8 Å². The second-order valence-corrected chi connectivity index (χ2v) is 8.78. The fourth-order valence-corrected chi connectivity index (χ4v) is 4.95. The van der Waals surface area contributed by atoms with Gasteiger partial charge in [0.25, 0.3) is 11.6 Å². The molecule has 0 radical (unpaired) electrons. The van der Waals surface area contributed by atoms with E-state index in [1.165, 1.54) is 23.1 Å². The van der Waals surface area contributed by atoms with Crippen molar-refractivity contribution in [1.82, 2.24) is 9.88 Å². The van der Waals surface area contributed by atoms with Crippen LogP contribution in [0, 0.1) is 15.9 Å². The average Bonchev–Trinajstić information content (AvgIpc) is 3.20. The standard InChI is InChI=1S/C25H16ClF4N3O3/c26-18-11-13(6-8-21(18)33(35)36)23-22-16(15-3-1-2-4-20(15)31-22)9-10-32(23)24(34)14-5-7-17(19(27)12-14)25(28,29)30/h1-8,11-12,23,31H,9-10H2. The van der Waals surface area contributed by atoms with Crippen LogP contribution >= 0.6 is 11.6 Å². The third-order valence-electron chi connectivity index (χ3n) is 6.30. The molecule has 0 spiro atoms. The number of aromatic nitrogens is 1. The number of hydrogen-bond acceptors (Lipinski definition) is 3. The first-order valence-electron chi connectivity index (χ1n) is 10.8. The monoisotopic (exact) mass is 517 g/mol. The molecule has 184 valence electrons. The first-order valence-corrected chi connectivity index (χ1v) is 11.1. The van der Waals surface area contributed by atoms with Crippen LogP contribution in [0.15, 0.2) is 60.7 Å². The van der Waals surface area contributed by atoms with Crippen molar-refractivity contribution in [2.24, 2.45) is 0 Å². The molecule has 6 nitrogen and oxygen atoms in total. The normalized spacial score (nSPS) is 15.7. The molecule has 1 aromatic heterocycles. The molecule has 1 aliphatic heterocycles. The number of carbonyl (C=O) groups excluding carboxylic acids is 1. The Morgan fingerprint density at radius 1 is 1.11 bits per heavy atom. The quantitative estimate of drug-likeness (QED) is 0.187. The van der Waals surface area contributed by atoms with Crippen molar-refractivity contribution in [2.45, 2.75) is 18.6 Å². The Balaban J connectivity index is 1.63. The Bertz CT molecular complexity index is 1530. The highest BCUT2D eigenvalue weighted by Gasteiger charge is 2.37. The number of fused-ring (bicyclic) bond motifs is 3. The minimum Gasteiger partial charge on any atom is -0.356 e. The summed E-state index contributed by atoms with van der Waals surface area (Å²) in [5.41, 5.74) is 0.832. The summed E-state index contributed by atoms with van der Waals surface area (Å²) in [7, 11) is 0. The third kappa shape index (κ3) is 3.97. The molecule has 1 unspecified atom stereocenters. The maximum Gasteiger partial charge on any atom is 0.419 e. The number of nitrogens with zero attached hydrogens (tertiary/aromatic N) is 2. The molecule has 0 saturated carbocycles. The molecule has 0 saturated heterocycles. The number of nitrogens with one attached hydrogen (secondary N) is 1. The minimum absolute atomic E-state index is 0.131. The molecule has 1 amide bonds. The van der Waals surface area contributed by atoms with Crippen molar-refractivity contribution in [3.05, 3.63) is 110 Å². The zero-order valence-corrected chi connectivity index (χ0v) is 19.0. The number of rotatable bonds is 3. The van der Waals surface area contributed by atoms with E-state index in [4.69, 9.17) is 11.6 Å². The zero-order valence-electron chi connectivity index (χ0n) is 18.3. The summed E-state index contributed by atoms with van der Waals surface area (Å²) < 4.78 is 53.3. The number of aromatic amines is 1. The van der Waals surface area contributed by atoms with Gasteiger partial charge in [-0.15, -0.1) is 0 Å². The molecule has 1 N–H and O–H groups in total. The first kappa shape index (κ1) is 23.8. The summed E-state index contributed by atoms with van der Waals surface area (Å²) in [5.74, 6) is -2.24. The van der Waals surface area contributed by atoms with Gasteiger partial charge in [-0.25, -0.2) is 4.39 Å². The second-order valence-electron chi connectivity index (χ2n) is 8.37. The molecule has 11 heteroatoms. The molecule has 4 aromatic rings. The first-order chi connectivity index (χ1) is 17.1. The smallest absolute Gasteiger partial charge is 0.356 e. The SMILES string of the molecule is O=C(c1ccc(C(F)(F)F)c(F)c1)N1CCc2c([nH]c3ccccc23)C1c1ccc([N+](=O)[O-])c(Cl)c1. The van der Waals surface area contributed by atoms with Crippen LogP contribution in [0.1, 0.15) is 38.8 Å². The predicted molar refractivity (Wildman–Crippen MR) is 124 cm³/mol. The zero-order chi connectivity index (χ0) is 25.8. The van der Waals surface area contributed by atoms with Gasteiger partial charge >= 0.3 is 6.18 Å². The molecule has 0 fully saturated rings. The highest BCUT2D eigenvalue weighted by molar-refractivity contribution is 6.32. The van der Waals surface area contributed by atoms with E-state index in [-0.39, 0.29) is 22.8 Å². The number of H-pyrrole nitrogens is 1. The van der Waals surface area contributed by atoms with Crippen LogP contribution in [0.4, 0.5) is 23.2 Å². The van der Waals surface area contributed by atoms with Gasteiger partial charge < -0.3 is 9.88 Å². The van der Waals surface area contributed by atoms with Crippen LogP contribution in [0.3, 0.4) is 0 Å². The fraction of sp³-hybridized carbons (Fsp3) is 0.160. The van der Waals surface area contributed by atoms with Crippen molar-refractivity contribution in [2.75, 3.05) is 6.54 Å². The Labute approximate surface area is 206 Å². The van der Waals surface area contributed by atoms with Crippen LogP contribution in [-0.4, -0.2) is 27.3 Å². The number of para-hydroxylation sites is 1. The summed E-state index contributed by atoms with van der Waals surface area (Å²) in [6, 6.07) is 12.9. The van der Waals surface area contributed by atoms with Crippen molar-refractivity contribution in [3.63, 3.8) is 0 Å². The van der Waals surface area contributed by atoms with Gasteiger partial charge in [0.15, 0.2) is 0 Å². The van der Waals surface area contributed by atoms with E-state index >= 15 is 0 Å². The molecule has 0 bridgehead atoms. The number of hydrogen-bond donors (Lipinski definition) is 1. The van der Waals surface area contributed by atoms with Crippen LogP contribution in [0.5, 0.6) is 0 Å². The molecular weight excluding hydrogens is 502 g/mol. The van der Waals surface area contributed by atoms with Gasteiger partial charge in [-0.3, -0.25) is 14.9 Å². The third-order valence-corrected chi connectivity index (χ3v) is 6.60. The van der Waals surface area contributed by atoms with Crippen molar-refractivity contribution < 1.29 is 27.3 Å². The van der Waals surface area contributed by atoms with Gasteiger partial charge in [0, 0.05) is 34.8 Å². The van der Waals surface area contributed by atoms with Gasteiger partial charge in [0.05, 0.1) is 16.5 Å². The summed E-state index contributed by atoms with van der Waals surface area (Å²) in [6.45, 7) is 0.176. The summed E-state index contributed by atoms with van der Waals surface area (Å²) in [4.78, 5) is 28.8. The molecule has 36 heavy (non-hydrogen) atoms. The van der Waals surface area contributed by atoms with Crippen LogP contribution in [-0.2, 0) is 12.6 Å². The van der Waals surface area contributed by atoms with Crippen molar-refractivity contribution in [1.29, 1.82) is 0 Å². The van der Waals surface area contributed by atoms with Crippen LogP contribution in [0.2, 0.25) is 5.02 Å². The lowest BCUT2D eigenvalue weighted by Gasteiger charge is -2.36. The Morgan fingerprint density at radius 3 is 2.53 bits per heavy atom. The van der Waals surface area contributed by atoms with Crippen LogP contribution in [0.25, 0.3) is 10.9 Å². The Morgan fingerprint density at radius 2 is 1.86 bits per heavy atom. The Kier molecular flexibility index (Phi) is 5.71. The highest BCUT2D eigenvalue weighted by atomic mass is 35.5. The largest absolute Gasteiger partial charge is 0.419 e. The lowest BCUT2D eigenvalue weighted by molar-refractivity contribution is -0.384. The van der Waals surface area contributed by atoms with E-state index in [1.807, 2.05) is 24.3 Å².